The molecule has 0 saturated carbocycles. The fourth-order valence-corrected chi connectivity index (χ4v) is 5.18. The third kappa shape index (κ3) is 4.41. The second-order valence-corrected chi connectivity index (χ2v) is 10.3. The molecule has 2 N–H and O–H groups in total. The van der Waals surface area contributed by atoms with Gasteiger partial charge in [0.15, 0.2) is 0 Å². The van der Waals surface area contributed by atoms with Gasteiger partial charge in [-0.1, -0.05) is 18.2 Å². The van der Waals surface area contributed by atoms with Crippen LogP contribution in [0.3, 0.4) is 0 Å². The van der Waals surface area contributed by atoms with E-state index in [1.165, 1.54) is 12.1 Å². The van der Waals surface area contributed by atoms with Crippen molar-refractivity contribution in [3.63, 3.8) is 0 Å². The van der Waals surface area contributed by atoms with Crippen molar-refractivity contribution in [1.29, 1.82) is 5.26 Å². The number of primary sulfonamides is 1. The van der Waals surface area contributed by atoms with Crippen LogP contribution >= 0.6 is 11.8 Å². The zero-order valence-electron chi connectivity index (χ0n) is 18.3. The van der Waals surface area contributed by atoms with Crippen LogP contribution in [0.1, 0.15) is 28.1 Å². The molecule has 2 aromatic carbocycles. The van der Waals surface area contributed by atoms with Crippen LogP contribution in [0.5, 0.6) is 0 Å². The van der Waals surface area contributed by atoms with Gasteiger partial charge in [0.2, 0.25) is 10.0 Å². The molecule has 1 aromatic heterocycles. The molecule has 0 radical (unpaired) electrons. The highest BCUT2D eigenvalue weighted by Crippen LogP contribution is 2.35. The summed E-state index contributed by atoms with van der Waals surface area (Å²) in [6.45, 7) is 3.80. The van der Waals surface area contributed by atoms with Gasteiger partial charge in [0.05, 0.1) is 28.0 Å². The SMILES string of the molecule is Cc1cc(/C=C2\SC(=O)N(Cc3ccccc3C#N)C2=O)c(C)n1-c1ccc(S(N)(=O)=O)cc1. The molecule has 10 heteroatoms. The Balaban J connectivity index is 1.63. The Labute approximate surface area is 201 Å². The van der Waals surface area contributed by atoms with Gasteiger partial charge in [-0.15, -0.1) is 0 Å². The lowest BCUT2D eigenvalue weighted by Crippen LogP contribution is -2.27. The highest BCUT2D eigenvalue weighted by Gasteiger charge is 2.35. The van der Waals surface area contributed by atoms with Crippen molar-refractivity contribution in [3.05, 3.63) is 87.6 Å². The van der Waals surface area contributed by atoms with Crippen LogP contribution in [0, 0.1) is 25.2 Å². The summed E-state index contributed by atoms with van der Waals surface area (Å²) < 4.78 is 25.0. The van der Waals surface area contributed by atoms with E-state index in [1.54, 1.807) is 42.5 Å². The van der Waals surface area contributed by atoms with E-state index < -0.39 is 21.2 Å². The molecule has 0 unspecified atom stereocenters. The quantitative estimate of drug-likeness (QED) is 0.539. The zero-order chi connectivity index (χ0) is 24.6. The summed E-state index contributed by atoms with van der Waals surface area (Å²) in [6.07, 6.45) is 1.68. The Bertz CT molecular complexity index is 1500. The molecule has 2 amide bonds. The molecule has 0 atom stereocenters. The molecule has 1 fully saturated rings. The Hall–Kier alpha value is -3.65. The number of amides is 2. The fraction of sp³-hybridized carbons (Fsp3) is 0.125. The number of hydrogen-bond donors (Lipinski definition) is 1. The maximum Gasteiger partial charge on any atom is 0.293 e. The lowest BCUT2D eigenvalue weighted by Gasteiger charge is -2.13. The first-order chi connectivity index (χ1) is 16.1. The number of sulfonamides is 1. The summed E-state index contributed by atoms with van der Waals surface area (Å²) in [5.41, 5.74) is 4.22. The largest absolute Gasteiger partial charge is 0.318 e. The minimum atomic E-state index is -3.79. The van der Waals surface area contributed by atoms with Crippen molar-refractivity contribution < 1.29 is 18.0 Å². The Kier molecular flexibility index (Phi) is 6.18. The number of hydrogen-bond acceptors (Lipinski definition) is 6. The van der Waals surface area contributed by atoms with E-state index in [2.05, 4.69) is 6.07 Å². The van der Waals surface area contributed by atoms with Crippen molar-refractivity contribution in [2.75, 3.05) is 0 Å². The minimum absolute atomic E-state index is 0.0191. The Morgan fingerprint density at radius 2 is 1.76 bits per heavy atom. The highest BCUT2D eigenvalue weighted by atomic mass is 32.2. The van der Waals surface area contributed by atoms with E-state index in [0.717, 1.165) is 39.3 Å². The third-order valence-corrected chi connectivity index (χ3v) is 7.36. The van der Waals surface area contributed by atoms with Gasteiger partial charge in [0, 0.05) is 17.1 Å². The van der Waals surface area contributed by atoms with Crippen molar-refractivity contribution in [3.8, 4) is 11.8 Å². The van der Waals surface area contributed by atoms with E-state index in [9.17, 15) is 23.3 Å². The first kappa shape index (κ1) is 23.5. The van der Waals surface area contributed by atoms with E-state index in [0.29, 0.717) is 16.0 Å². The predicted octanol–water partition coefficient (Wildman–Crippen LogP) is 3.85. The zero-order valence-corrected chi connectivity index (χ0v) is 20.0. The van der Waals surface area contributed by atoms with E-state index in [4.69, 9.17) is 5.14 Å². The smallest absolute Gasteiger partial charge is 0.293 e. The summed E-state index contributed by atoms with van der Waals surface area (Å²) in [7, 11) is -3.79. The molecule has 4 rings (SSSR count). The van der Waals surface area contributed by atoms with Gasteiger partial charge < -0.3 is 4.57 Å². The van der Waals surface area contributed by atoms with Crippen LogP contribution in [0.2, 0.25) is 0 Å². The topological polar surface area (TPSA) is 126 Å². The third-order valence-electron chi connectivity index (χ3n) is 5.52. The summed E-state index contributed by atoms with van der Waals surface area (Å²) in [5, 5.41) is 14.1. The van der Waals surface area contributed by atoms with Crippen molar-refractivity contribution in [2.45, 2.75) is 25.3 Å². The molecule has 172 valence electrons. The van der Waals surface area contributed by atoms with Crippen LogP contribution in [0.25, 0.3) is 11.8 Å². The minimum Gasteiger partial charge on any atom is -0.318 e. The molecule has 8 nitrogen and oxygen atoms in total. The number of imide groups is 1. The lowest BCUT2D eigenvalue weighted by molar-refractivity contribution is -0.123. The number of aryl methyl sites for hydroxylation is 1. The monoisotopic (exact) mass is 492 g/mol. The van der Waals surface area contributed by atoms with Crippen molar-refractivity contribution in [1.82, 2.24) is 9.47 Å². The maximum atomic E-state index is 13.0. The molecule has 0 aliphatic carbocycles. The van der Waals surface area contributed by atoms with Gasteiger partial charge in [0.1, 0.15) is 0 Å². The number of rotatable bonds is 5. The molecule has 1 aliphatic rings. The van der Waals surface area contributed by atoms with E-state index >= 15 is 0 Å². The summed E-state index contributed by atoms with van der Waals surface area (Å²) in [6, 6.07) is 17.0. The number of benzene rings is 2. The molecule has 1 aliphatic heterocycles. The van der Waals surface area contributed by atoms with Crippen LogP contribution in [-0.2, 0) is 21.4 Å². The van der Waals surface area contributed by atoms with Gasteiger partial charge in [-0.3, -0.25) is 14.5 Å². The van der Waals surface area contributed by atoms with Crippen molar-refractivity contribution in [2.24, 2.45) is 5.14 Å². The Morgan fingerprint density at radius 3 is 2.41 bits per heavy atom. The molecule has 0 bridgehead atoms. The summed E-state index contributed by atoms with van der Waals surface area (Å²) in [5.74, 6) is -0.412. The standard InChI is InChI=1S/C24H20N4O4S2/c1-15-11-19(16(2)28(15)20-7-9-21(10-8-20)34(26,31)32)12-22-23(29)27(24(30)33-22)14-18-6-4-3-5-17(18)13-25/h3-12H,14H2,1-2H3,(H2,26,31,32)/b22-12-. The summed E-state index contributed by atoms with van der Waals surface area (Å²) >= 11 is 0.859. The summed E-state index contributed by atoms with van der Waals surface area (Å²) in [4.78, 5) is 27.0. The normalized spacial score (nSPS) is 15.2. The van der Waals surface area contributed by atoms with Crippen LogP contribution in [0.4, 0.5) is 4.79 Å². The predicted molar refractivity (Wildman–Crippen MR) is 129 cm³/mol. The average Bonchev–Trinajstić information content (AvgIpc) is 3.22. The first-order valence-electron chi connectivity index (χ1n) is 10.2. The molecular weight excluding hydrogens is 472 g/mol. The molecule has 1 saturated heterocycles. The van der Waals surface area contributed by atoms with Gasteiger partial charge in [-0.25, -0.2) is 13.6 Å². The van der Waals surface area contributed by atoms with E-state index in [1.807, 2.05) is 24.5 Å². The average molecular weight is 493 g/mol. The second kappa shape index (κ2) is 8.95. The number of aromatic nitrogens is 1. The Morgan fingerprint density at radius 1 is 1.09 bits per heavy atom. The second-order valence-electron chi connectivity index (χ2n) is 7.74. The van der Waals surface area contributed by atoms with E-state index in [-0.39, 0.29) is 11.4 Å². The van der Waals surface area contributed by atoms with Crippen LogP contribution in [-0.4, -0.2) is 29.0 Å². The number of carbonyl (C=O) groups is 2. The van der Waals surface area contributed by atoms with Crippen LogP contribution in [0.15, 0.2) is 64.4 Å². The number of nitrogens with zero attached hydrogens (tertiary/aromatic N) is 3. The number of nitrogens with two attached hydrogens (primary N) is 1. The van der Waals surface area contributed by atoms with Crippen LogP contribution < -0.4 is 5.14 Å². The lowest BCUT2D eigenvalue weighted by atomic mass is 10.1. The number of nitriles is 1. The van der Waals surface area contributed by atoms with Gasteiger partial charge in [-0.05, 0) is 79.2 Å². The van der Waals surface area contributed by atoms with Gasteiger partial charge in [0.25, 0.3) is 11.1 Å². The number of thioether (sulfide) groups is 1. The number of carbonyl (C=O) groups excluding carboxylic acids is 2. The fourth-order valence-electron chi connectivity index (χ4n) is 3.83. The molecule has 2 heterocycles. The highest BCUT2D eigenvalue weighted by molar-refractivity contribution is 8.18. The molecule has 0 spiro atoms. The molecular formula is C24H20N4O4S2. The molecule has 3 aromatic rings. The molecule has 34 heavy (non-hydrogen) atoms. The first-order valence-corrected chi connectivity index (χ1v) is 12.5. The maximum absolute atomic E-state index is 13.0. The van der Waals surface area contributed by atoms with Gasteiger partial charge in [-0.2, -0.15) is 5.26 Å². The van der Waals surface area contributed by atoms with Crippen molar-refractivity contribution >= 4 is 39.0 Å². The van der Waals surface area contributed by atoms with Gasteiger partial charge >= 0.3 is 0 Å².